The van der Waals surface area contributed by atoms with Crippen LogP contribution in [0.3, 0.4) is 0 Å². The van der Waals surface area contributed by atoms with Crippen molar-refractivity contribution in [2.24, 2.45) is 0 Å². The van der Waals surface area contributed by atoms with Crippen molar-refractivity contribution in [1.82, 2.24) is 0 Å². The Balaban J connectivity index is 1.67. The summed E-state index contributed by atoms with van der Waals surface area (Å²) in [5.74, 6) is -0.246. The first-order chi connectivity index (χ1) is 15.3. The molecular weight excluding hydrogens is 445 g/mol. The molecule has 166 valence electrons. The van der Waals surface area contributed by atoms with Gasteiger partial charge in [-0.3, -0.25) is 4.79 Å². The zero-order valence-electron chi connectivity index (χ0n) is 16.6. The van der Waals surface area contributed by atoms with E-state index in [2.05, 4.69) is 5.32 Å². The lowest BCUT2D eigenvalue weighted by atomic mass is 10.1. The first kappa shape index (κ1) is 22.0. The van der Waals surface area contributed by atoms with Crippen LogP contribution < -0.4 is 15.0 Å². The van der Waals surface area contributed by atoms with Crippen molar-refractivity contribution in [3.8, 4) is 5.75 Å². The van der Waals surface area contributed by atoms with Gasteiger partial charge < -0.3 is 20.1 Å². The van der Waals surface area contributed by atoms with E-state index in [1.54, 1.807) is 36.4 Å². The molecule has 0 saturated carbocycles. The van der Waals surface area contributed by atoms with Crippen LogP contribution in [0.2, 0.25) is 5.02 Å². The number of anilines is 3. The number of halogens is 4. The van der Waals surface area contributed by atoms with Crippen LogP contribution in [0.1, 0.15) is 15.9 Å². The average molecular weight is 463 g/mol. The molecule has 0 aliphatic carbocycles. The van der Waals surface area contributed by atoms with Gasteiger partial charge in [0.1, 0.15) is 6.61 Å². The van der Waals surface area contributed by atoms with Gasteiger partial charge >= 0.3 is 6.18 Å². The number of alkyl halides is 3. The van der Waals surface area contributed by atoms with Crippen molar-refractivity contribution in [3.05, 3.63) is 82.9 Å². The third-order valence-corrected chi connectivity index (χ3v) is 5.40. The number of hydrogen-bond acceptors (Lipinski definition) is 4. The third kappa shape index (κ3) is 4.24. The molecule has 4 rings (SSSR count). The first-order valence-electron chi connectivity index (χ1n) is 9.68. The standard InChI is InChI=1S/C23H18ClF3N2O3/c24-18-5-1-2-6-19(18)29-16(12-30)13-32-21-17(4-3-7-20(21)29)22(31)28-15-10-8-14(9-11-15)23(25,26)27/h1-11,16,30H,12-13H2,(H,28,31). The van der Waals surface area contributed by atoms with Gasteiger partial charge in [-0.25, -0.2) is 0 Å². The van der Waals surface area contributed by atoms with Crippen molar-refractivity contribution in [2.75, 3.05) is 23.4 Å². The molecule has 0 aromatic heterocycles. The van der Waals surface area contributed by atoms with Gasteiger partial charge in [-0.1, -0.05) is 29.8 Å². The number of ether oxygens (including phenoxy) is 1. The molecule has 0 saturated heterocycles. The smallest absolute Gasteiger partial charge is 0.416 e. The zero-order chi connectivity index (χ0) is 22.9. The fraction of sp³-hybridized carbons (Fsp3) is 0.174. The van der Waals surface area contributed by atoms with Crippen molar-refractivity contribution in [1.29, 1.82) is 0 Å². The highest BCUT2D eigenvalue weighted by atomic mass is 35.5. The van der Waals surface area contributed by atoms with Crippen molar-refractivity contribution < 1.29 is 27.8 Å². The Kier molecular flexibility index (Phi) is 5.99. The maximum atomic E-state index is 12.9. The molecular formula is C23H18ClF3N2O3. The predicted molar refractivity (Wildman–Crippen MR) is 116 cm³/mol. The van der Waals surface area contributed by atoms with Gasteiger partial charge in [0, 0.05) is 5.69 Å². The van der Waals surface area contributed by atoms with Crippen LogP contribution >= 0.6 is 11.6 Å². The van der Waals surface area contributed by atoms with Gasteiger partial charge in [-0.2, -0.15) is 13.2 Å². The Morgan fingerprint density at radius 3 is 2.41 bits per heavy atom. The molecule has 0 radical (unpaired) electrons. The van der Waals surface area contributed by atoms with Crippen LogP contribution in [-0.2, 0) is 6.18 Å². The van der Waals surface area contributed by atoms with E-state index in [-0.39, 0.29) is 24.5 Å². The minimum absolute atomic E-state index is 0.110. The largest absolute Gasteiger partial charge is 0.488 e. The number of para-hydroxylation sites is 2. The van der Waals surface area contributed by atoms with Crippen LogP contribution in [0.15, 0.2) is 66.7 Å². The molecule has 0 bridgehead atoms. The lowest BCUT2D eigenvalue weighted by Crippen LogP contribution is -2.43. The fourth-order valence-electron chi connectivity index (χ4n) is 3.54. The van der Waals surface area contributed by atoms with Gasteiger partial charge in [0.2, 0.25) is 0 Å². The molecule has 0 fully saturated rings. The van der Waals surface area contributed by atoms with Crippen LogP contribution in [0.4, 0.5) is 30.2 Å². The first-order valence-corrected chi connectivity index (χ1v) is 10.1. The molecule has 1 atom stereocenters. The lowest BCUT2D eigenvalue weighted by molar-refractivity contribution is -0.137. The fourth-order valence-corrected chi connectivity index (χ4v) is 3.77. The monoisotopic (exact) mass is 462 g/mol. The summed E-state index contributed by atoms with van der Waals surface area (Å²) in [6.07, 6.45) is -4.46. The van der Waals surface area contributed by atoms with Crippen molar-refractivity contribution >= 4 is 34.6 Å². The normalized spacial score (nSPS) is 15.7. The van der Waals surface area contributed by atoms with E-state index in [1.807, 2.05) is 11.0 Å². The Morgan fingerprint density at radius 1 is 1.06 bits per heavy atom. The maximum Gasteiger partial charge on any atom is 0.416 e. The van der Waals surface area contributed by atoms with Crippen molar-refractivity contribution in [3.63, 3.8) is 0 Å². The molecule has 5 nitrogen and oxygen atoms in total. The molecule has 3 aromatic carbocycles. The summed E-state index contributed by atoms with van der Waals surface area (Å²) in [4.78, 5) is 14.7. The third-order valence-electron chi connectivity index (χ3n) is 5.08. The molecule has 3 aromatic rings. The Bertz CT molecular complexity index is 1140. The minimum Gasteiger partial charge on any atom is -0.488 e. The molecule has 1 amide bonds. The molecule has 32 heavy (non-hydrogen) atoms. The van der Waals surface area contributed by atoms with E-state index in [0.717, 1.165) is 12.1 Å². The van der Waals surface area contributed by atoms with Crippen LogP contribution in [0.5, 0.6) is 5.75 Å². The quantitative estimate of drug-likeness (QED) is 0.537. The number of benzene rings is 3. The lowest BCUT2D eigenvalue weighted by Gasteiger charge is -2.38. The van der Waals surface area contributed by atoms with Gasteiger partial charge in [0.15, 0.2) is 5.75 Å². The predicted octanol–water partition coefficient (Wildman–Crippen LogP) is 5.50. The summed E-state index contributed by atoms with van der Waals surface area (Å²) in [5, 5.41) is 12.9. The van der Waals surface area contributed by atoms with Crippen LogP contribution in [-0.4, -0.2) is 30.3 Å². The number of aliphatic hydroxyl groups is 1. The van der Waals surface area contributed by atoms with E-state index >= 15 is 0 Å². The molecule has 2 N–H and O–H groups in total. The highest BCUT2D eigenvalue weighted by Crippen LogP contribution is 2.43. The number of carbonyl (C=O) groups is 1. The minimum atomic E-state index is -4.46. The number of nitrogens with one attached hydrogen (secondary N) is 1. The topological polar surface area (TPSA) is 61.8 Å². The second-order valence-electron chi connectivity index (χ2n) is 7.15. The second-order valence-corrected chi connectivity index (χ2v) is 7.56. The van der Waals surface area contributed by atoms with E-state index < -0.39 is 23.7 Å². The van der Waals surface area contributed by atoms with Crippen LogP contribution in [0.25, 0.3) is 0 Å². The second kappa shape index (κ2) is 8.72. The Labute approximate surface area is 187 Å². The van der Waals surface area contributed by atoms with E-state index in [9.17, 15) is 23.1 Å². The molecule has 9 heteroatoms. The van der Waals surface area contributed by atoms with Gasteiger partial charge in [-0.15, -0.1) is 0 Å². The number of fused-ring (bicyclic) bond motifs is 1. The summed E-state index contributed by atoms with van der Waals surface area (Å²) in [5.41, 5.74) is 0.811. The number of rotatable bonds is 4. The number of aliphatic hydroxyl groups excluding tert-OH is 1. The number of amides is 1. The summed E-state index contributed by atoms with van der Waals surface area (Å²) >= 11 is 6.38. The molecule has 0 spiro atoms. The average Bonchev–Trinajstić information content (AvgIpc) is 2.78. The van der Waals surface area contributed by atoms with Crippen LogP contribution in [0, 0.1) is 0 Å². The number of nitrogens with zero attached hydrogens (tertiary/aromatic N) is 1. The molecule has 1 aliphatic rings. The van der Waals surface area contributed by atoms with E-state index in [0.29, 0.717) is 22.1 Å². The van der Waals surface area contributed by atoms with E-state index in [1.165, 1.54) is 12.1 Å². The maximum absolute atomic E-state index is 12.9. The van der Waals surface area contributed by atoms with E-state index in [4.69, 9.17) is 16.3 Å². The SMILES string of the molecule is O=C(Nc1ccc(C(F)(F)F)cc1)c1cccc2c1OCC(CO)N2c1ccccc1Cl. The summed E-state index contributed by atoms with van der Waals surface area (Å²) in [7, 11) is 0. The van der Waals surface area contributed by atoms with Crippen molar-refractivity contribution in [2.45, 2.75) is 12.2 Å². The van der Waals surface area contributed by atoms with Gasteiger partial charge in [0.25, 0.3) is 5.91 Å². The van der Waals surface area contributed by atoms with Gasteiger partial charge in [-0.05, 0) is 48.5 Å². The zero-order valence-corrected chi connectivity index (χ0v) is 17.3. The molecule has 1 aliphatic heterocycles. The summed E-state index contributed by atoms with van der Waals surface area (Å²) < 4.78 is 44.1. The Morgan fingerprint density at radius 2 is 1.75 bits per heavy atom. The highest BCUT2D eigenvalue weighted by molar-refractivity contribution is 6.33. The Hall–Kier alpha value is -3.23. The highest BCUT2D eigenvalue weighted by Gasteiger charge is 2.33. The van der Waals surface area contributed by atoms with Gasteiger partial charge in [0.05, 0.1) is 40.2 Å². The number of carbonyl (C=O) groups excluding carboxylic acids is 1. The summed E-state index contributed by atoms with van der Waals surface area (Å²) in [6, 6.07) is 15.8. The molecule has 1 unspecified atom stereocenters. The number of hydrogen-bond donors (Lipinski definition) is 2. The molecule has 1 heterocycles. The summed E-state index contributed by atoms with van der Waals surface area (Å²) in [6.45, 7) is -0.0913.